The Morgan fingerprint density at radius 3 is 2.95 bits per heavy atom. The van der Waals surface area contributed by atoms with E-state index in [-0.39, 0.29) is 0 Å². The number of hydrogen-bond acceptors (Lipinski definition) is 5. The van der Waals surface area contributed by atoms with Gasteiger partial charge in [-0.15, -0.1) is 5.10 Å². The fourth-order valence-corrected chi connectivity index (χ4v) is 3.19. The second kappa shape index (κ2) is 5.22. The number of tetrazole rings is 1. The Labute approximate surface area is 123 Å². The molecular formula is C14H21N7. The van der Waals surface area contributed by atoms with E-state index in [1.165, 1.54) is 31.2 Å². The van der Waals surface area contributed by atoms with Gasteiger partial charge in [-0.2, -0.15) is 5.10 Å². The minimum Gasteiger partial charge on any atom is -0.291 e. The highest BCUT2D eigenvalue weighted by Crippen LogP contribution is 2.34. The van der Waals surface area contributed by atoms with Crippen LogP contribution in [-0.4, -0.2) is 47.5 Å². The first kappa shape index (κ1) is 12.9. The Morgan fingerprint density at radius 2 is 2.19 bits per heavy atom. The fraction of sp³-hybridized carbons (Fsp3) is 0.714. The summed E-state index contributed by atoms with van der Waals surface area (Å²) in [5, 5.41) is 16.6. The molecule has 0 radical (unpaired) electrons. The highest BCUT2D eigenvalue weighted by molar-refractivity contribution is 5.00. The molecule has 1 aliphatic heterocycles. The van der Waals surface area contributed by atoms with E-state index in [2.05, 4.69) is 43.3 Å². The minimum absolute atomic E-state index is 0.536. The summed E-state index contributed by atoms with van der Waals surface area (Å²) in [6.07, 6.45) is 8.94. The molecule has 2 fully saturated rings. The Hall–Kier alpha value is -1.76. The lowest BCUT2D eigenvalue weighted by molar-refractivity contribution is 0.210. The van der Waals surface area contributed by atoms with Crippen molar-refractivity contribution in [1.82, 2.24) is 34.9 Å². The first-order valence-corrected chi connectivity index (χ1v) is 7.79. The minimum atomic E-state index is 0.536. The van der Waals surface area contributed by atoms with Gasteiger partial charge in [-0.25, -0.2) is 4.68 Å². The van der Waals surface area contributed by atoms with Crippen LogP contribution in [-0.2, 0) is 13.1 Å². The quantitative estimate of drug-likeness (QED) is 0.826. The van der Waals surface area contributed by atoms with E-state index in [9.17, 15) is 0 Å². The van der Waals surface area contributed by atoms with E-state index in [4.69, 9.17) is 0 Å². The Morgan fingerprint density at radius 1 is 1.29 bits per heavy atom. The molecule has 1 saturated carbocycles. The third-order valence-corrected chi connectivity index (χ3v) is 4.46. The predicted molar refractivity (Wildman–Crippen MR) is 76.5 cm³/mol. The summed E-state index contributed by atoms with van der Waals surface area (Å²) < 4.78 is 4.08. The molecule has 2 aliphatic rings. The maximum Gasteiger partial charge on any atom is 0.165 e. The summed E-state index contributed by atoms with van der Waals surface area (Å²) in [7, 11) is 0. The second-order valence-corrected chi connectivity index (χ2v) is 6.28. The number of aryl methyl sites for hydroxylation is 1. The largest absolute Gasteiger partial charge is 0.291 e. The number of likely N-dealkylation sites (tertiary alicyclic amines) is 1. The van der Waals surface area contributed by atoms with Crippen LogP contribution in [0.25, 0.3) is 0 Å². The Balaban J connectivity index is 1.44. The molecule has 2 aromatic heterocycles. The van der Waals surface area contributed by atoms with E-state index in [1.807, 2.05) is 10.9 Å². The topological polar surface area (TPSA) is 64.7 Å². The molecule has 7 nitrogen and oxygen atoms in total. The summed E-state index contributed by atoms with van der Waals surface area (Å²) in [6.45, 7) is 5.02. The van der Waals surface area contributed by atoms with Gasteiger partial charge < -0.3 is 0 Å². The molecule has 0 N–H and O–H groups in total. The van der Waals surface area contributed by atoms with Gasteiger partial charge in [0, 0.05) is 12.2 Å². The molecule has 0 aromatic carbocycles. The van der Waals surface area contributed by atoms with Crippen molar-refractivity contribution in [1.29, 1.82) is 0 Å². The van der Waals surface area contributed by atoms with Crippen LogP contribution in [0.2, 0.25) is 0 Å². The lowest BCUT2D eigenvalue weighted by Gasteiger charge is -2.23. The normalized spacial score (nSPS) is 23.0. The van der Waals surface area contributed by atoms with Gasteiger partial charge in [0.25, 0.3) is 0 Å². The molecule has 112 valence electrons. The molecule has 1 aliphatic carbocycles. The van der Waals surface area contributed by atoms with E-state index >= 15 is 0 Å². The zero-order valence-electron chi connectivity index (χ0n) is 12.4. The van der Waals surface area contributed by atoms with E-state index < -0.39 is 0 Å². The van der Waals surface area contributed by atoms with Crippen LogP contribution < -0.4 is 0 Å². The van der Waals surface area contributed by atoms with Crippen molar-refractivity contribution in [2.75, 3.05) is 6.54 Å². The van der Waals surface area contributed by atoms with E-state index in [0.29, 0.717) is 12.1 Å². The molecule has 0 amide bonds. The molecular weight excluding hydrogens is 266 g/mol. The van der Waals surface area contributed by atoms with Crippen molar-refractivity contribution in [3.8, 4) is 0 Å². The average Bonchev–Trinajstić information content (AvgIpc) is 2.85. The van der Waals surface area contributed by atoms with Crippen molar-refractivity contribution in [2.24, 2.45) is 0 Å². The summed E-state index contributed by atoms with van der Waals surface area (Å²) >= 11 is 0. The maximum absolute atomic E-state index is 4.41. The first-order chi connectivity index (χ1) is 10.3. The van der Waals surface area contributed by atoms with Crippen LogP contribution in [0.3, 0.4) is 0 Å². The third kappa shape index (κ3) is 2.70. The SMILES string of the molecule is Cc1cnn(C[C@H]2CCCN2Cc2nnnn2C2CC2)c1. The Bertz CT molecular complexity index is 612. The van der Waals surface area contributed by atoms with E-state index in [0.717, 1.165) is 25.5 Å². The van der Waals surface area contributed by atoms with Gasteiger partial charge in [-0.1, -0.05) is 0 Å². The van der Waals surface area contributed by atoms with Gasteiger partial charge in [0.1, 0.15) is 0 Å². The molecule has 2 aromatic rings. The van der Waals surface area contributed by atoms with Crippen LogP contribution >= 0.6 is 0 Å². The molecule has 7 heteroatoms. The van der Waals surface area contributed by atoms with Gasteiger partial charge in [-0.3, -0.25) is 9.58 Å². The lowest BCUT2D eigenvalue weighted by atomic mass is 10.2. The highest BCUT2D eigenvalue weighted by atomic mass is 15.6. The predicted octanol–water partition coefficient (Wildman–Crippen LogP) is 1.18. The maximum atomic E-state index is 4.41. The number of aromatic nitrogens is 6. The third-order valence-electron chi connectivity index (χ3n) is 4.46. The second-order valence-electron chi connectivity index (χ2n) is 6.28. The summed E-state index contributed by atoms with van der Waals surface area (Å²) in [4.78, 5) is 2.50. The highest BCUT2D eigenvalue weighted by Gasteiger charge is 2.31. The molecule has 21 heavy (non-hydrogen) atoms. The van der Waals surface area contributed by atoms with Crippen LogP contribution in [0.5, 0.6) is 0 Å². The monoisotopic (exact) mass is 287 g/mol. The molecule has 1 saturated heterocycles. The van der Waals surface area contributed by atoms with Crippen molar-refractivity contribution >= 4 is 0 Å². The van der Waals surface area contributed by atoms with Crippen LogP contribution in [0, 0.1) is 6.92 Å². The smallest absolute Gasteiger partial charge is 0.165 e. The van der Waals surface area contributed by atoms with Crippen molar-refractivity contribution in [3.05, 3.63) is 23.8 Å². The van der Waals surface area contributed by atoms with Gasteiger partial charge in [0.05, 0.1) is 25.3 Å². The zero-order chi connectivity index (χ0) is 14.2. The summed E-state index contributed by atoms with van der Waals surface area (Å²) in [5.41, 5.74) is 1.22. The summed E-state index contributed by atoms with van der Waals surface area (Å²) in [6, 6.07) is 1.08. The molecule has 4 rings (SSSR count). The molecule has 1 atom stereocenters. The van der Waals surface area contributed by atoms with Gasteiger partial charge in [-0.05, 0) is 55.1 Å². The van der Waals surface area contributed by atoms with Gasteiger partial charge in [0.15, 0.2) is 5.82 Å². The summed E-state index contributed by atoms with van der Waals surface area (Å²) in [5.74, 6) is 1.01. The number of nitrogens with zero attached hydrogens (tertiary/aromatic N) is 7. The van der Waals surface area contributed by atoms with Crippen LogP contribution in [0.1, 0.15) is 43.1 Å². The number of hydrogen-bond donors (Lipinski definition) is 0. The van der Waals surface area contributed by atoms with Crippen molar-refractivity contribution in [2.45, 2.75) is 57.8 Å². The average molecular weight is 287 g/mol. The molecule has 0 bridgehead atoms. The zero-order valence-corrected chi connectivity index (χ0v) is 12.4. The first-order valence-electron chi connectivity index (χ1n) is 7.79. The van der Waals surface area contributed by atoms with E-state index in [1.54, 1.807) is 0 Å². The number of rotatable bonds is 5. The van der Waals surface area contributed by atoms with Crippen LogP contribution in [0.15, 0.2) is 12.4 Å². The standard InChI is InChI=1S/C14H21N7/c1-11-7-15-20(8-11)9-13-3-2-6-19(13)10-14-16-17-18-21(14)12-4-5-12/h7-8,12-13H,2-6,9-10H2,1H3/t13-/m1/s1. The van der Waals surface area contributed by atoms with Crippen LogP contribution in [0.4, 0.5) is 0 Å². The molecule has 0 spiro atoms. The Kier molecular flexibility index (Phi) is 3.21. The van der Waals surface area contributed by atoms with Crippen molar-refractivity contribution < 1.29 is 0 Å². The lowest BCUT2D eigenvalue weighted by Crippen LogP contribution is -2.33. The fourth-order valence-electron chi connectivity index (χ4n) is 3.19. The van der Waals surface area contributed by atoms with Gasteiger partial charge >= 0.3 is 0 Å². The molecule has 0 unspecified atom stereocenters. The molecule has 3 heterocycles. The van der Waals surface area contributed by atoms with Gasteiger partial charge in [0.2, 0.25) is 0 Å². The van der Waals surface area contributed by atoms with Crippen molar-refractivity contribution in [3.63, 3.8) is 0 Å².